The van der Waals surface area contributed by atoms with Crippen LogP contribution in [0.5, 0.6) is 5.75 Å². The Balaban J connectivity index is 3.29. The SMILES string of the molecule is CCc1ccc(C)c(OP(=O)(O)O)c1CC. The molecular formula is C11H17O4P. The first-order chi connectivity index (χ1) is 7.39. The number of phosphoric ester groups is 1. The number of rotatable bonds is 4. The fourth-order valence-corrected chi connectivity index (χ4v) is 2.24. The van der Waals surface area contributed by atoms with E-state index in [1.165, 1.54) is 0 Å². The Hall–Kier alpha value is -0.830. The molecule has 2 N–H and O–H groups in total. The molecule has 90 valence electrons. The minimum Gasteiger partial charge on any atom is -0.404 e. The van der Waals surface area contributed by atoms with Crippen molar-refractivity contribution in [1.29, 1.82) is 0 Å². The second-order valence-corrected chi connectivity index (χ2v) is 4.80. The molecular weight excluding hydrogens is 227 g/mol. The maximum absolute atomic E-state index is 10.9. The smallest absolute Gasteiger partial charge is 0.404 e. The van der Waals surface area contributed by atoms with Gasteiger partial charge in [0.2, 0.25) is 0 Å². The third-order valence-corrected chi connectivity index (χ3v) is 2.92. The highest BCUT2D eigenvalue weighted by Gasteiger charge is 2.20. The van der Waals surface area contributed by atoms with Crippen LogP contribution in [0.2, 0.25) is 0 Å². The van der Waals surface area contributed by atoms with Gasteiger partial charge in [-0.3, -0.25) is 9.79 Å². The molecule has 0 saturated heterocycles. The number of hydrogen-bond acceptors (Lipinski definition) is 2. The fraction of sp³-hybridized carbons (Fsp3) is 0.455. The van der Waals surface area contributed by atoms with Crippen LogP contribution in [0.15, 0.2) is 12.1 Å². The highest BCUT2D eigenvalue weighted by atomic mass is 31.2. The lowest BCUT2D eigenvalue weighted by Gasteiger charge is -2.16. The molecule has 16 heavy (non-hydrogen) atoms. The van der Waals surface area contributed by atoms with Gasteiger partial charge >= 0.3 is 7.82 Å². The summed E-state index contributed by atoms with van der Waals surface area (Å²) in [4.78, 5) is 17.7. The predicted octanol–water partition coefficient (Wildman–Crippen LogP) is 2.59. The highest BCUT2D eigenvalue weighted by Crippen LogP contribution is 2.41. The molecule has 0 fully saturated rings. The van der Waals surface area contributed by atoms with Gasteiger partial charge in [-0.1, -0.05) is 26.0 Å². The highest BCUT2D eigenvalue weighted by molar-refractivity contribution is 7.46. The molecule has 0 radical (unpaired) electrons. The molecule has 0 aromatic heterocycles. The van der Waals surface area contributed by atoms with Crippen molar-refractivity contribution in [3.05, 3.63) is 28.8 Å². The van der Waals surface area contributed by atoms with Crippen LogP contribution in [0.3, 0.4) is 0 Å². The summed E-state index contributed by atoms with van der Waals surface area (Å²) in [5, 5.41) is 0. The van der Waals surface area contributed by atoms with E-state index >= 15 is 0 Å². The number of benzene rings is 1. The normalized spacial score (nSPS) is 11.6. The quantitative estimate of drug-likeness (QED) is 0.799. The van der Waals surface area contributed by atoms with E-state index in [4.69, 9.17) is 14.3 Å². The van der Waals surface area contributed by atoms with E-state index in [9.17, 15) is 4.57 Å². The van der Waals surface area contributed by atoms with E-state index in [0.717, 1.165) is 23.1 Å². The molecule has 1 aromatic carbocycles. The van der Waals surface area contributed by atoms with E-state index in [2.05, 4.69) is 0 Å². The first-order valence-corrected chi connectivity index (χ1v) is 6.78. The number of phosphoric acid groups is 1. The molecule has 0 spiro atoms. The maximum Gasteiger partial charge on any atom is 0.524 e. The zero-order valence-electron chi connectivity index (χ0n) is 9.73. The molecule has 5 heteroatoms. The Kier molecular flexibility index (Phi) is 4.14. The number of aryl methyl sites for hydroxylation is 2. The Morgan fingerprint density at radius 2 is 1.88 bits per heavy atom. The van der Waals surface area contributed by atoms with Crippen LogP contribution >= 0.6 is 7.82 Å². The minimum absolute atomic E-state index is 0.329. The molecule has 4 nitrogen and oxygen atoms in total. The Labute approximate surface area is 95.5 Å². The van der Waals surface area contributed by atoms with Crippen molar-refractivity contribution < 1.29 is 18.9 Å². The molecule has 0 atom stereocenters. The molecule has 0 heterocycles. The zero-order valence-corrected chi connectivity index (χ0v) is 10.6. The van der Waals surface area contributed by atoms with E-state index in [-0.39, 0.29) is 0 Å². The van der Waals surface area contributed by atoms with E-state index < -0.39 is 7.82 Å². The van der Waals surface area contributed by atoms with Crippen molar-refractivity contribution in [2.75, 3.05) is 0 Å². The largest absolute Gasteiger partial charge is 0.524 e. The van der Waals surface area contributed by atoms with Crippen LogP contribution < -0.4 is 4.52 Å². The molecule has 0 bridgehead atoms. The second kappa shape index (κ2) is 5.00. The van der Waals surface area contributed by atoms with Gasteiger partial charge in [0.25, 0.3) is 0 Å². The van der Waals surface area contributed by atoms with Crippen LogP contribution in [0, 0.1) is 6.92 Å². The lowest BCUT2D eigenvalue weighted by Crippen LogP contribution is -2.00. The van der Waals surface area contributed by atoms with Crippen LogP contribution in [0.4, 0.5) is 0 Å². The fourth-order valence-electron chi connectivity index (χ4n) is 1.75. The molecule has 0 aliphatic heterocycles. The van der Waals surface area contributed by atoms with Crippen LogP contribution in [-0.2, 0) is 17.4 Å². The topological polar surface area (TPSA) is 66.8 Å². The average Bonchev–Trinajstić information content (AvgIpc) is 2.19. The van der Waals surface area contributed by atoms with Crippen molar-refractivity contribution in [2.45, 2.75) is 33.6 Å². The summed E-state index contributed by atoms with van der Waals surface area (Å²) < 4.78 is 15.7. The first kappa shape index (κ1) is 13.2. The molecule has 0 aliphatic carbocycles. The van der Waals surface area contributed by atoms with E-state index in [1.807, 2.05) is 26.0 Å². The summed E-state index contributed by atoms with van der Waals surface area (Å²) in [6, 6.07) is 3.80. The lowest BCUT2D eigenvalue weighted by atomic mass is 9.99. The van der Waals surface area contributed by atoms with Crippen molar-refractivity contribution in [3.63, 3.8) is 0 Å². The third kappa shape index (κ3) is 3.08. The van der Waals surface area contributed by atoms with Gasteiger partial charge in [0.15, 0.2) is 0 Å². The van der Waals surface area contributed by atoms with Crippen molar-refractivity contribution >= 4 is 7.82 Å². The second-order valence-electron chi connectivity index (χ2n) is 3.64. The van der Waals surface area contributed by atoms with Gasteiger partial charge in [0.1, 0.15) is 5.75 Å². The van der Waals surface area contributed by atoms with Gasteiger partial charge in [-0.05, 0) is 36.5 Å². The van der Waals surface area contributed by atoms with Gasteiger partial charge < -0.3 is 4.52 Å². The summed E-state index contributed by atoms with van der Waals surface area (Å²) >= 11 is 0. The van der Waals surface area contributed by atoms with Crippen LogP contribution in [0.1, 0.15) is 30.5 Å². The van der Waals surface area contributed by atoms with E-state index in [0.29, 0.717) is 12.2 Å². The van der Waals surface area contributed by atoms with Crippen molar-refractivity contribution in [1.82, 2.24) is 0 Å². The summed E-state index contributed by atoms with van der Waals surface area (Å²) in [5.74, 6) is 0.329. The maximum atomic E-state index is 10.9. The number of hydrogen-bond donors (Lipinski definition) is 2. The van der Waals surface area contributed by atoms with Crippen molar-refractivity contribution in [2.24, 2.45) is 0 Å². The lowest BCUT2D eigenvalue weighted by molar-refractivity contribution is 0.281. The van der Waals surface area contributed by atoms with Crippen molar-refractivity contribution in [3.8, 4) is 5.75 Å². The molecule has 0 amide bonds. The molecule has 0 aliphatic rings. The van der Waals surface area contributed by atoms with Gasteiger partial charge in [-0.25, -0.2) is 4.57 Å². The third-order valence-electron chi connectivity index (χ3n) is 2.50. The summed E-state index contributed by atoms with van der Waals surface area (Å²) in [5.41, 5.74) is 2.69. The Morgan fingerprint density at radius 1 is 1.25 bits per heavy atom. The first-order valence-electron chi connectivity index (χ1n) is 5.25. The van der Waals surface area contributed by atoms with E-state index in [1.54, 1.807) is 6.92 Å². The van der Waals surface area contributed by atoms with Crippen LogP contribution in [-0.4, -0.2) is 9.79 Å². The Bertz CT molecular complexity index is 422. The monoisotopic (exact) mass is 244 g/mol. The van der Waals surface area contributed by atoms with Gasteiger partial charge in [-0.15, -0.1) is 0 Å². The molecule has 1 rings (SSSR count). The van der Waals surface area contributed by atoms with Crippen LogP contribution in [0.25, 0.3) is 0 Å². The van der Waals surface area contributed by atoms with Gasteiger partial charge in [-0.2, -0.15) is 0 Å². The predicted molar refractivity (Wildman–Crippen MR) is 62.6 cm³/mol. The molecule has 0 saturated carbocycles. The molecule has 1 aromatic rings. The Morgan fingerprint density at radius 3 is 2.31 bits per heavy atom. The summed E-state index contributed by atoms with van der Waals surface area (Å²) in [6.07, 6.45) is 1.52. The average molecular weight is 244 g/mol. The molecule has 0 unspecified atom stereocenters. The minimum atomic E-state index is -4.49. The zero-order chi connectivity index (χ0) is 12.3. The summed E-state index contributed by atoms with van der Waals surface area (Å²) in [7, 11) is -4.49. The standard InChI is InChI=1S/C11H17O4P/c1-4-9-7-6-8(3)11(10(9)5-2)15-16(12,13)14/h6-7H,4-5H2,1-3H3,(H2,12,13,14). The summed E-state index contributed by atoms with van der Waals surface area (Å²) in [6.45, 7) is 5.73. The van der Waals surface area contributed by atoms with Gasteiger partial charge in [0.05, 0.1) is 0 Å². The van der Waals surface area contributed by atoms with Gasteiger partial charge in [0, 0.05) is 0 Å².